The molecule has 1 saturated heterocycles. The van der Waals surface area contributed by atoms with Gasteiger partial charge < -0.3 is 10.6 Å². The highest BCUT2D eigenvalue weighted by Crippen LogP contribution is 2.44. The van der Waals surface area contributed by atoms with E-state index in [4.69, 9.17) is 0 Å². The Bertz CT molecular complexity index is 257. The molecule has 2 atom stereocenters. The summed E-state index contributed by atoms with van der Waals surface area (Å²) in [6.45, 7) is 6.67. The number of nitrogens with one attached hydrogen (secondary N) is 2. The minimum atomic E-state index is 0.251. The van der Waals surface area contributed by atoms with Crippen molar-refractivity contribution >= 4 is 5.91 Å². The van der Waals surface area contributed by atoms with Crippen LogP contribution >= 0.6 is 0 Å². The fourth-order valence-electron chi connectivity index (χ4n) is 2.49. The van der Waals surface area contributed by atoms with E-state index in [-0.39, 0.29) is 5.91 Å². The third-order valence-corrected chi connectivity index (χ3v) is 4.03. The molecule has 0 spiro atoms. The topological polar surface area (TPSA) is 41.1 Å². The van der Waals surface area contributed by atoms with Crippen molar-refractivity contribution in [3.63, 3.8) is 0 Å². The van der Waals surface area contributed by atoms with Crippen LogP contribution in [0.1, 0.15) is 46.0 Å². The summed E-state index contributed by atoms with van der Waals surface area (Å²) in [5.74, 6) is 0.966. The van der Waals surface area contributed by atoms with E-state index in [0.717, 1.165) is 25.9 Å². The van der Waals surface area contributed by atoms with Gasteiger partial charge in [-0.3, -0.25) is 4.79 Å². The highest BCUT2D eigenvalue weighted by atomic mass is 16.1. The van der Waals surface area contributed by atoms with Crippen molar-refractivity contribution in [1.82, 2.24) is 10.6 Å². The average Bonchev–Trinajstić information content (AvgIpc) is 2.84. The van der Waals surface area contributed by atoms with E-state index in [9.17, 15) is 4.79 Å². The number of hydrogen-bond donors (Lipinski definition) is 2. The van der Waals surface area contributed by atoms with Crippen LogP contribution in [0.2, 0.25) is 0 Å². The third-order valence-electron chi connectivity index (χ3n) is 4.03. The van der Waals surface area contributed by atoms with Crippen molar-refractivity contribution in [3.05, 3.63) is 0 Å². The van der Waals surface area contributed by atoms with Crippen molar-refractivity contribution in [2.75, 3.05) is 13.1 Å². The normalized spacial score (nSPS) is 32.1. The molecule has 2 fully saturated rings. The van der Waals surface area contributed by atoms with Crippen LogP contribution in [0.5, 0.6) is 0 Å². The van der Waals surface area contributed by atoms with Crippen molar-refractivity contribution in [3.8, 4) is 0 Å². The van der Waals surface area contributed by atoms with Crippen molar-refractivity contribution in [2.45, 2.75) is 52.0 Å². The van der Waals surface area contributed by atoms with E-state index in [0.29, 0.717) is 23.8 Å². The second kappa shape index (κ2) is 4.74. The Morgan fingerprint density at radius 1 is 1.50 bits per heavy atom. The van der Waals surface area contributed by atoms with E-state index in [1.54, 1.807) is 0 Å². The molecule has 92 valence electrons. The van der Waals surface area contributed by atoms with E-state index >= 15 is 0 Å². The van der Waals surface area contributed by atoms with Gasteiger partial charge in [-0.2, -0.15) is 0 Å². The summed E-state index contributed by atoms with van der Waals surface area (Å²) in [5, 5.41) is 6.52. The van der Waals surface area contributed by atoms with Gasteiger partial charge in [0, 0.05) is 12.5 Å². The molecule has 1 amide bonds. The SMILES string of the molecule is CC1(C)CC1NC(=O)CCC1CCCNC1. The van der Waals surface area contributed by atoms with Gasteiger partial charge in [-0.15, -0.1) is 0 Å². The molecule has 0 aromatic heterocycles. The number of piperidine rings is 1. The van der Waals surface area contributed by atoms with Crippen LogP contribution in [0, 0.1) is 11.3 Å². The summed E-state index contributed by atoms with van der Waals surface area (Å²) < 4.78 is 0. The fraction of sp³-hybridized carbons (Fsp3) is 0.923. The van der Waals surface area contributed by atoms with Crippen LogP contribution in [0.25, 0.3) is 0 Å². The molecule has 1 aliphatic carbocycles. The zero-order valence-corrected chi connectivity index (χ0v) is 10.5. The fourth-order valence-corrected chi connectivity index (χ4v) is 2.49. The molecule has 3 nitrogen and oxygen atoms in total. The molecule has 2 unspecified atom stereocenters. The van der Waals surface area contributed by atoms with Gasteiger partial charge in [0.25, 0.3) is 0 Å². The predicted molar refractivity (Wildman–Crippen MR) is 65.2 cm³/mol. The Morgan fingerprint density at radius 2 is 2.25 bits per heavy atom. The molecule has 0 bridgehead atoms. The Kier molecular flexibility index (Phi) is 3.53. The molecule has 0 aromatic carbocycles. The lowest BCUT2D eigenvalue weighted by molar-refractivity contribution is -0.121. The summed E-state index contributed by atoms with van der Waals surface area (Å²) in [5.41, 5.74) is 0.349. The first-order valence-corrected chi connectivity index (χ1v) is 6.58. The van der Waals surface area contributed by atoms with Gasteiger partial charge >= 0.3 is 0 Å². The zero-order chi connectivity index (χ0) is 11.6. The Hall–Kier alpha value is -0.570. The number of carbonyl (C=O) groups excluding carboxylic acids is 1. The highest BCUT2D eigenvalue weighted by Gasteiger charge is 2.46. The molecule has 1 aliphatic heterocycles. The van der Waals surface area contributed by atoms with E-state index in [1.165, 1.54) is 12.8 Å². The molecule has 3 heteroatoms. The maximum atomic E-state index is 11.7. The average molecular weight is 224 g/mol. The molecule has 2 N–H and O–H groups in total. The second-order valence-corrected chi connectivity index (χ2v) is 6.06. The van der Waals surface area contributed by atoms with Gasteiger partial charge in [-0.1, -0.05) is 13.8 Å². The van der Waals surface area contributed by atoms with Crippen molar-refractivity contribution in [2.24, 2.45) is 11.3 Å². The summed E-state index contributed by atoms with van der Waals surface area (Å²) >= 11 is 0. The van der Waals surface area contributed by atoms with Crippen LogP contribution in [0.3, 0.4) is 0 Å². The lowest BCUT2D eigenvalue weighted by Crippen LogP contribution is -2.32. The molecule has 1 saturated carbocycles. The second-order valence-electron chi connectivity index (χ2n) is 6.06. The summed E-state index contributed by atoms with van der Waals surface area (Å²) in [7, 11) is 0. The molecule has 0 radical (unpaired) electrons. The smallest absolute Gasteiger partial charge is 0.220 e. The van der Waals surface area contributed by atoms with Crippen LogP contribution < -0.4 is 10.6 Å². The first kappa shape index (κ1) is 11.9. The Balaban J connectivity index is 1.60. The van der Waals surface area contributed by atoms with Gasteiger partial charge in [0.15, 0.2) is 0 Å². The molecular formula is C13H24N2O. The molecule has 2 rings (SSSR count). The number of carbonyl (C=O) groups is 1. The van der Waals surface area contributed by atoms with Crippen molar-refractivity contribution in [1.29, 1.82) is 0 Å². The van der Waals surface area contributed by atoms with E-state index in [2.05, 4.69) is 24.5 Å². The minimum Gasteiger partial charge on any atom is -0.353 e. The molecule has 16 heavy (non-hydrogen) atoms. The van der Waals surface area contributed by atoms with Crippen LogP contribution in [0.15, 0.2) is 0 Å². The quantitative estimate of drug-likeness (QED) is 0.763. The predicted octanol–water partition coefficient (Wildman–Crippen LogP) is 1.68. The zero-order valence-electron chi connectivity index (χ0n) is 10.5. The van der Waals surface area contributed by atoms with Gasteiger partial charge in [-0.25, -0.2) is 0 Å². The maximum Gasteiger partial charge on any atom is 0.220 e. The molecule has 0 aromatic rings. The number of rotatable bonds is 4. The van der Waals surface area contributed by atoms with E-state index < -0.39 is 0 Å². The van der Waals surface area contributed by atoms with Crippen LogP contribution in [-0.2, 0) is 4.79 Å². The molecular weight excluding hydrogens is 200 g/mol. The third kappa shape index (κ3) is 3.21. The lowest BCUT2D eigenvalue weighted by atomic mass is 9.94. The van der Waals surface area contributed by atoms with Crippen molar-refractivity contribution < 1.29 is 4.79 Å². The summed E-state index contributed by atoms with van der Waals surface area (Å²) in [4.78, 5) is 11.7. The summed E-state index contributed by atoms with van der Waals surface area (Å²) in [6, 6.07) is 0.435. The first-order valence-electron chi connectivity index (χ1n) is 6.58. The van der Waals surface area contributed by atoms with Crippen LogP contribution in [0.4, 0.5) is 0 Å². The van der Waals surface area contributed by atoms with Gasteiger partial charge in [0.05, 0.1) is 0 Å². The lowest BCUT2D eigenvalue weighted by Gasteiger charge is -2.22. The first-order chi connectivity index (χ1) is 7.58. The minimum absolute atomic E-state index is 0.251. The van der Waals surface area contributed by atoms with Gasteiger partial charge in [0.2, 0.25) is 5.91 Å². The Morgan fingerprint density at radius 3 is 2.81 bits per heavy atom. The van der Waals surface area contributed by atoms with Crippen LogP contribution in [-0.4, -0.2) is 25.0 Å². The Labute approximate surface area is 98.4 Å². The maximum absolute atomic E-state index is 11.7. The molecule has 1 heterocycles. The summed E-state index contributed by atoms with van der Waals surface area (Å²) in [6.07, 6.45) is 5.45. The molecule has 2 aliphatic rings. The highest BCUT2D eigenvalue weighted by molar-refractivity contribution is 5.76. The monoisotopic (exact) mass is 224 g/mol. The largest absolute Gasteiger partial charge is 0.353 e. The van der Waals surface area contributed by atoms with Gasteiger partial charge in [0.1, 0.15) is 0 Å². The number of hydrogen-bond acceptors (Lipinski definition) is 2. The van der Waals surface area contributed by atoms with Gasteiger partial charge in [-0.05, 0) is 50.1 Å². The standard InChI is InChI=1S/C13H24N2O/c1-13(2)8-11(13)15-12(16)6-5-10-4-3-7-14-9-10/h10-11,14H,3-9H2,1-2H3,(H,15,16). The van der Waals surface area contributed by atoms with E-state index in [1.807, 2.05) is 0 Å². The number of amides is 1.